The quantitative estimate of drug-likeness (QED) is 0.526. The minimum absolute atomic E-state index is 0.309. The van der Waals surface area contributed by atoms with Crippen LogP contribution in [0.25, 0.3) is 0 Å². The molecule has 0 N–H and O–H groups in total. The van der Waals surface area contributed by atoms with Crippen LogP contribution in [0.1, 0.15) is 20.7 Å². The summed E-state index contributed by atoms with van der Waals surface area (Å²) in [7, 11) is 3.01. The summed E-state index contributed by atoms with van der Waals surface area (Å²) in [5, 5.41) is 0.314. The zero-order valence-electron chi connectivity index (χ0n) is 13.0. The third-order valence-electron chi connectivity index (χ3n) is 3.20. The van der Waals surface area contributed by atoms with Gasteiger partial charge in [-0.1, -0.05) is 11.6 Å². The maximum atomic E-state index is 12.1. The smallest absolute Gasteiger partial charge is 0.338 e. The van der Waals surface area contributed by atoms with E-state index in [1.807, 2.05) is 0 Å². The maximum Gasteiger partial charge on any atom is 0.338 e. The van der Waals surface area contributed by atoms with Crippen molar-refractivity contribution in [3.8, 4) is 11.5 Å². The lowest BCUT2D eigenvalue weighted by molar-refractivity contribution is 0.0474. The Morgan fingerprint density at radius 3 is 2.21 bits per heavy atom. The molecule has 0 heterocycles. The standard InChI is InChI=1S/C17H14BrClO5/c1-22-15-5-4-11(7-12(15)18)17(21)24-9-14(20)10-3-6-16(23-2)13(19)8-10/h3-8H,9H2,1-2H3. The minimum Gasteiger partial charge on any atom is -0.496 e. The summed E-state index contributed by atoms with van der Waals surface area (Å²) < 4.78 is 15.8. The van der Waals surface area contributed by atoms with E-state index in [0.717, 1.165) is 0 Å². The van der Waals surface area contributed by atoms with Crippen molar-refractivity contribution in [3.63, 3.8) is 0 Å². The van der Waals surface area contributed by atoms with E-state index in [4.69, 9.17) is 25.8 Å². The molecule has 5 nitrogen and oxygen atoms in total. The van der Waals surface area contributed by atoms with E-state index >= 15 is 0 Å². The van der Waals surface area contributed by atoms with Gasteiger partial charge in [0, 0.05) is 5.56 Å². The first kappa shape index (κ1) is 18.3. The normalized spacial score (nSPS) is 10.2. The number of benzene rings is 2. The van der Waals surface area contributed by atoms with Gasteiger partial charge in [-0.2, -0.15) is 0 Å². The molecular formula is C17H14BrClO5. The summed E-state index contributed by atoms with van der Waals surface area (Å²) in [5.74, 6) is 0.0931. The summed E-state index contributed by atoms with van der Waals surface area (Å²) >= 11 is 9.26. The van der Waals surface area contributed by atoms with Gasteiger partial charge in [0.2, 0.25) is 0 Å². The lowest BCUT2D eigenvalue weighted by Crippen LogP contribution is -2.14. The van der Waals surface area contributed by atoms with Crippen LogP contribution in [-0.4, -0.2) is 32.6 Å². The van der Waals surface area contributed by atoms with Gasteiger partial charge in [0.05, 0.1) is 29.3 Å². The molecule has 0 aliphatic heterocycles. The van der Waals surface area contributed by atoms with Crippen molar-refractivity contribution in [3.05, 3.63) is 57.0 Å². The van der Waals surface area contributed by atoms with Crippen LogP contribution in [0.5, 0.6) is 11.5 Å². The summed E-state index contributed by atoms with van der Waals surface area (Å²) in [5.41, 5.74) is 0.646. The molecule has 0 aliphatic rings. The number of halogens is 2. The van der Waals surface area contributed by atoms with Gasteiger partial charge in [0.25, 0.3) is 0 Å². The second kappa shape index (κ2) is 8.17. The predicted octanol–water partition coefficient (Wildman–Crippen LogP) is 4.16. The first-order chi connectivity index (χ1) is 11.5. The van der Waals surface area contributed by atoms with Crippen molar-refractivity contribution in [2.45, 2.75) is 0 Å². The van der Waals surface area contributed by atoms with Gasteiger partial charge in [0.15, 0.2) is 12.4 Å². The van der Waals surface area contributed by atoms with Crippen molar-refractivity contribution in [1.29, 1.82) is 0 Å². The molecule has 0 saturated heterocycles. The first-order valence-electron chi connectivity index (χ1n) is 6.83. The highest BCUT2D eigenvalue weighted by Crippen LogP contribution is 2.26. The molecule has 2 aromatic rings. The molecule has 2 aromatic carbocycles. The van der Waals surface area contributed by atoms with Crippen molar-refractivity contribution in [2.75, 3.05) is 20.8 Å². The average molecular weight is 414 g/mol. The van der Waals surface area contributed by atoms with Crippen molar-refractivity contribution in [1.82, 2.24) is 0 Å². The number of Topliss-reactive ketones (excluding diaryl/α,β-unsaturated/α-hetero) is 1. The predicted molar refractivity (Wildman–Crippen MR) is 93.3 cm³/mol. The number of carbonyl (C=O) groups excluding carboxylic acids is 2. The average Bonchev–Trinajstić information content (AvgIpc) is 2.59. The molecule has 0 bridgehead atoms. The fourth-order valence-electron chi connectivity index (χ4n) is 1.93. The zero-order valence-corrected chi connectivity index (χ0v) is 15.3. The van der Waals surface area contributed by atoms with Crippen LogP contribution < -0.4 is 9.47 Å². The SMILES string of the molecule is COc1ccc(C(=O)COC(=O)c2ccc(OC)c(Br)c2)cc1Cl. The van der Waals surface area contributed by atoms with Crippen molar-refractivity contribution in [2.24, 2.45) is 0 Å². The van der Waals surface area contributed by atoms with Gasteiger partial charge >= 0.3 is 5.97 Å². The maximum absolute atomic E-state index is 12.1. The number of hydrogen-bond donors (Lipinski definition) is 0. The fraction of sp³-hybridized carbons (Fsp3) is 0.176. The lowest BCUT2D eigenvalue weighted by Gasteiger charge is -2.08. The Bertz CT molecular complexity index is 710. The van der Waals surface area contributed by atoms with Crippen LogP contribution in [0.15, 0.2) is 40.9 Å². The highest BCUT2D eigenvalue weighted by molar-refractivity contribution is 9.10. The Kier molecular flexibility index (Phi) is 6.23. The number of ketones is 1. The van der Waals surface area contributed by atoms with Gasteiger partial charge in [-0.25, -0.2) is 4.79 Å². The highest BCUT2D eigenvalue weighted by atomic mass is 79.9. The van der Waals surface area contributed by atoms with Crippen LogP contribution in [0, 0.1) is 0 Å². The number of methoxy groups -OCH3 is 2. The third kappa shape index (κ3) is 4.27. The number of esters is 1. The van der Waals surface area contributed by atoms with Crippen LogP contribution in [0.3, 0.4) is 0 Å². The monoisotopic (exact) mass is 412 g/mol. The Morgan fingerprint density at radius 1 is 1.00 bits per heavy atom. The second-order valence-electron chi connectivity index (χ2n) is 4.70. The summed E-state index contributed by atoms with van der Waals surface area (Å²) in [6.45, 7) is -0.384. The highest BCUT2D eigenvalue weighted by Gasteiger charge is 2.14. The van der Waals surface area contributed by atoms with Crippen LogP contribution in [-0.2, 0) is 4.74 Å². The third-order valence-corrected chi connectivity index (χ3v) is 4.11. The molecule has 0 fully saturated rings. The summed E-state index contributed by atoms with van der Waals surface area (Å²) in [4.78, 5) is 24.1. The minimum atomic E-state index is -0.605. The largest absolute Gasteiger partial charge is 0.496 e. The molecule has 0 saturated carbocycles. The topological polar surface area (TPSA) is 61.8 Å². The zero-order chi connectivity index (χ0) is 17.7. The van der Waals surface area contributed by atoms with Crippen molar-refractivity contribution >= 4 is 39.3 Å². The van der Waals surface area contributed by atoms with Gasteiger partial charge in [-0.05, 0) is 52.3 Å². The molecule has 0 spiro atoms. The first-order valence-corrected chi connectivity index (χ1v) is 8.00. The molecule has 0 unspecified atom stereocenters. The van der Waals surface area contributed by atoms with Crippen LogP contribution in [0.2, 0.25) is 5.02 Å². The van der Waals surface area contributed by atoms with E-state index in [-0.39, 0.29) is 12.4 Å². The molecule has 0 amide bonds. The Labute approximate surface area is 152 Å². The van der Waals surface area contributed by atoms with Gasteiger partial charge in [0.1, 0.15) is 11.5 Å². The molecular weight excluding hydrogens is 400 g/mol. The van der Waals surface area contributed by atoms with E-state index in [0.29, 0.717) is 32.1 Å². The molecule has 24 heavy (non-hydrogen) atoms. The Balaban J connectivity index is 2.02. The molecule has 7 heteroatoms. The van der Waals surface area contributed by atoms with Gasteiger partial charge in [-0.15, -0.1) is 0 Å². The van der Waals surface area contributed by atoms with Crippen LogP contribution >= 0.6 is 27.5 Å². The van der Waals surface area contributed by atoms with Crippen molar-refractivity contribution < 1.29 is 23.8 Å². The molecule has 126 valence electrons. The molecule has 0 aliphatic carbocycles. The molecule has 0 atom stereocenters. The number of hydrogen-bond acceptors (Lipinski definition) is 5. The number of carbonyl (C=O) groups is 2. The van der Waals surface area contributed by atoms with E-state index in [1.165, 1.54) is 20.3 Å². The van der Waals surface area contributed by atoms with E-state index < -0.39 is 5.97 Å². The molecule has 0 aromatic heterocycles. The van der Waals surface area contributed by atoms with E-state index in [2.05, 4.69) is 15.9 Å². The molecule has 0 radical (unpaired) electrons. The number of rotatable bonds is 6. The number of ether oxygens (including phenoxy) is 3. The van der Waals surface area contributed by atoms with Crippen LogP contribution in [0.4, 0.5) is 0 Å². The second-order valence-corrected chi connectivity index (χ2v) is 5.96. The van der Waals surface area contributed by atoms with E-state index in [9.17, 15) is 9.59 Å². The van der Waals surface area contributed by atoms with E-state index in [1.54, 1.807) is 30.3 Å². The Hall–Kier alpha value is -2.05. The summed E-state index contributed by atoms with van der Waals surface area (Å²) in [6.07, 6.45) is 0. The Morgan fingerprint density at radius 2 is 1.62 bits per heavy atom. The lowest BCUT2D eigenvalue weighted by atomic mass is 10.1. The summed E-state index contributed by atoms with van der Waals surface area (Å²) in [6, 6.07) is 9.37. The fourth-order valence-corrected chi connectivity index (χ4v) is 2.73. The van der Waals surface area contributed by atoms with Gasteiger partial charge < -0.3 is 14.2 Å². The molecule has 2 rings (SSSR count). The van der Waals surface area contributed by atoms with Gasteiger partial charge in [-0.3, -0.25) is 4.79 Å².